The van der Waals surface area contributed by atoms with E-state index in [2.05, 4.69) is 17.8 Å². The van der Waals surface area contributed by atoms with Crippen molar-refractivity contribution in [1.82, 2.24) is 5.43 Å². The minimum atomic E-state index is -0.419. The number of hydrogen-bond acceptors (Lipinski definition) is 4. The second kappa shape index (κ2) is 10.8. The zero-order valence-electron chi connectivity index (χ0n) is 18.7. The molecule has 0 aliphatic carbocycles. The average molecular weight is 498 g/mol. The molecule has 34 heavy (non-hydrogen) atoms. The molecule has 1 fully saturated rings. The van der Waals surface area contributed by atoms with Crippen LogP contribution in [0.2, 0.25) is 10.0 Å². The number of nitrogens with zero attached hydrogens (tertiary/aromatic N) is 1. The highest BCUT2D eigenvalue weighted by Crippen LogP contribution is 2.26. The third-order valence-electron chi connectivity index (χ3n) is 5.75. The Morgan fingerprint density at radius 3 is 2.47 bits per heavy atom. The Hall–Kier alpha value is -3.22. The van der Waals surface area contributed by atoms with E-state index in [4.69, 9.17) is 27.9 Å². The monoisotopic (exact) mass is 497 g/mol. The highest BCUT2D eigenvalue weighted by Gasteiger charge is 2.35. The molecule has 3 aromatic rings. The maximum absolute atomic E-state index is 12.6. The van der Waals surface area contributed by atoms with Gasteiger partial charge >= 0.3 is 0 Å². The van der Waals surface area contributed by atoms with Crippen molar-refractivity contribution in [2.24, 2.45) is 5.92 Å². The first kappa shape index (κ1) is 23.9. The molecular weight excluding hydrogens is 473 g/mol. The average Bonchev–Trinajstić information content (AvgIpc) is 3.24. The highest BCUT2D eigenvalue weighted by atomic mass is 35.5. The van der Waals surface area contributed by atoms with Crippen LogP contribution in [0.25, 0.3) is 0 Å². The maximum Gasteiger partial charge on any atom is 0.243 e. The smallest absolute Gasteiger partial charge is 0.243 e. The lowest BCUT2D eigenvalue weighted by Crippen LogP contribution is -2.36. The number of carbonyl (C=O) groups excluding carboxylic acids is 2. The Bertz CT molecular complexity index is 1170. The standard InChI is InChI=1S/C26H25Cl2N3O3/c1-2-17-3-9-22(10-4-17)31-15-19(13-25(31)32)26(33)30-29-21-7-11-23(12-8-21)34-16-18-5-6-20(27)14-24(18)28/h3-12,14,19,29H,2,13,15-16H2,1H3,(H,30,33)/t19-/m1/s1. The van der Waals surface area contributed by atoms with Gasteiger partial charge < -0.3 is 9.64 Å². The summed E-state index contributed by atoms with van der Waals surface area (Å²) in [5, 5.41) is 1.13. The summed E-state index contributed by atoms with van der Waals surface area (Å²) in [5.41, 5.74) is 9.16. The van der Waals surface area contributed by atoms with Crippen LogP contribution < -0.4 is 20.5 Å². The molecule has 1 saturated heterocycles. The molecule has 0 spiro atoms. The number of rotatable bonds is 8. The summed E-state index contributed by atoms with van der Waals surface area (Å²) in [6.45, 7) is 2.76. The number of anilines is 2. The Balaban J connectivity index is 1.27. The van der Waals surface area contributed by atoms with Crippen molar-refractivity contribution in [2.75, 3.05) is 16.9 Å². The molecule has 1 atom stereocenters. The van der Waals surface area contributed by atoms with Crippen molar-refractivity contribution >= 4 is 46.4 Å². The molecule has 1 aliphatic rings. The van der Waals surface area contributed by atoms with Crippen molar-refractivity contribution < 1.29 is 14.3 Å². The van der Waals surface area contributed by atoms with Crippen LogP contribution in [0.5, 0.6) is 5.75 Å². The normalized spacial score (nSPS) is 15.3. The van der Waals surface area contributed by atoms with E-state index in [0.717, 1.165) is 17.7 Å². The summed E-state index contributed by atoms with van der Waals surface area (Å²) in [6, 6.07) is 20.3. The molecule has 2 amide bonds. The van der Waals surface area contributed by atoms with E-state index in [9.17, 15) is 9.59 Å². The molecule has 3 aromatic carbocycles. The fraction of sp³-hybridized carbons (Fsp3) is 0.231. The van der Waals surface area contributed by atoms with Gasteiger partial charge in [-0.1, -0.05) is 48.3 Å². The Morgan fingerprint density at radius 1 is 1.06 bits per heavy atom. The molecule has 176 valence electrons. The van der Waals surface area contributed by atoms with E-state index in [1.165, 1.54) is 5.56 Å². The van der Waals surface area contributed by atoms with Crippen LogP contribution in [0, 0.1) is 5.92 Å². The fourth-order valence-electron chi connectivity index (χ4n) is 3.71. The minimum absolute atomic E-state index is 0.0494. The lowest BCUT2D eigenvalue weighted by Gasteiger charge is -2.17. The molecular formula is C26H25Cl2N3O3. The van der Waals surface area contributed by atoms with Crippen LogP contribution in [-0.2, 0) is 22.6 Å². The Kier molecular flexibility index (Phi) is 7.60. The largest absolute Gasteiger partial charge is 0.489 e. The number of ether oxygens (including phenoxy) is 1. The van der Waals surface area contributed by atoms with Gasteiger partial charge in [-0.05, 0) is 60.5 Å². The second-order valence-corrected chi connectivity index (χ2v) is 8.93. The zero-order valence-corrected chi connectivity index (χ0v) is 20.2. The van der Waals surface area contributed by atoms with Crippen molar-refractivity contribution in [3.8, 4) is 5.75 Å². The van der Waals surface area contributed by atoms with Crippen molar-refractivity contribution in [3.05, 3.63) is 87.9 Å². The molecule has 0 aromatic heterocycles. The predicted molar refractivity (Wildman–Crippen MR) is 135 cm³/mol. The van der Waals surface area contributed by atoms with Gasteiger partial charge in [-0.2, -0.15) is 0 Å². The van der Waals surface area contributed by atoms with Gasteiger partial charge in [0.05, 0.1) is 11.6 Å². The SMILES string of the molecule is CCc1ccc(N2C[C@H](C(=O)NNc3ccc(OCc4ccc(Cl)cc4Cl)cc3)CC2=O)cc1. The Labute approximate surface area is 208 Å². The number of halogens is 2. The van der Waals surface area contributed by atoms with Crippen LogP contribution >= 0.6 is 23.2 Å². The number of benzene rings is 3. The first-order valence-electron chi connectivity index (χ1n) is 11.0. The van der Waals surface area contributed by atoms with E-state index < -0.39 is 5.92 Å². The first-order chi connectivity index (χ1) is 16.4. The lowest BCUT2D eigenvalue weighted by molar-refractivity contribution is -0.125. The molecule has 1 aliphatic heterocycles. The molecule has 0 saturated carbocycles. The molecule has 1 heterocycles. The number of hydrazine groups is 1. The number of carbonyl (C=O) groups is 2. The highest BCUT2D eigenvalue weighted by molar-refractivity contribution is 6.35. The van der Waals surface area contributed by atoms with Crippen LogP contribution in [0.3, 0.4) is 0 Å². The summed E-state index contributed by atoms with van der Waals surface area (Å²) in [4.78, 5) is 26.7. The van der Waals surface area contributed by atoms with Gasteiger partial charge in [-0.3, -0.25) is 20.4 Å². The molecule has 8 heteroatoms. The summed E-state index contributed by atoms with van der Waals surface area (Å²) in [7, 11) is 0. The van der Waals surface area contributed by atoms with Gasteiger partial charge in [0.25, 0.3) is 0 Å². The van der Waals surface area contributed by atoms with Gasteiger partial charge in [0.1, 0.15) is 12.4 Å². The summed E-state index contributed by atoms with van der Waals surface area (Å²) in [5.74, 6) is -0.0305. The number of nitrogens with one attached hydrogen (secondary N) is 2. The number of aryl methyl sites for hydroxylation is 1. The maximum atomic E-state index is 12.6. The van der Waals surface area contributed by atoms with Crippen molar-refractivity contribution in [2.45, 2.75) is 26.4 Å². The van der Waals surface area contributed by atoms with Crippen molar-refractivity contribution in [3.63, 3.8) is 0 Å². The van der Waals surface area contributed by atoms with Crippen LogP contribution in [0.1, 0.15) is 24.5 Å². The number of hydrogen-bond donors (Lipinski definition) is 2. The van der Waals surface area contributed by atoms with Gasteiger partial charge in [0.15, 0.2) is 0 Å². The number of amides is 2. The van der Waals surface area contributed by atoms with Gasteiger partial charge in [0, 0.05) is 34.3 Å². The zero-order chi connectivity index (χ0) is 24.1. The summed E-state index contributed by atoms with van der Waals surface area (Å²) >= 11 is 12.1. The van der Waals surface area contributed by atoms with E-state index in [0.29, 0.717) is 34.6 Å². The molecule has 2 N–H and O–H groups in total. The lowest BCUT2D eigenvalue weighted by atomic mass is 10.1. The third-order valence-corrected chi connectivity index (χ3v) is 6.33. The van der Waals surface area contributed by atoms with Crippen molar-refractivity contribution in [1.29, 1.82) is 0 Å². The predicted octanol–water partition coefficient (Wildman–Crippen LogP) is 5.63. The van der Waals surface area contributed by atoms with Crippen LogP contribution in [0.4, 0.5) is 11.4 Å². The van der Waals surface area contributed by atoms with Gasteiger partial charge in [-0.25, -0.2) is 0 Å². The van der Waals surface area contributed by atoms with Gasteiger partial charge in [0.2, 0.25) is 11.8 Å². The molecule has 0 bridgehead atoms. The summed E-state index contributed by atoms with van der Waals surface area (Å²) in [6.07, 6.45) is 1.12. The second-order valence-electron chi connectivity index (χ2n) is 8.09. The van der Waals surface area contributed by atoms with E-state index in [1.54, 1.807) is 41.3 Å². The molecule has 0 radical (unpaired) electrons. The first-order valence-corrected chi connectivity index (χ1v) is 11.8. The van der Waals surface area contributed by atoms with Crippen LogP contribution in [-0.4, -0.2) is 18.4 Å². The molecule has 6 nitrogen and oxygen atoms in total. The molecule has 0 unspecified atom stereocenters. The van der Waals surface area contributed by atoms with Gasteiger partial charge in [-0.15, -0.1) is 0 Å². The molecule has 4 rings (SSSR count). The van der Waals surface area contributed by atoms with E-state index in [-0.39, 0.29) is 18.2 Å². The minimum Gasteiger partial charge on any atom is -0.489 e. The topological polar surface area (TPSA) is 70.7 Å². The Morgan fingerprint density at radius 2 is 1.79 bits per heavy atom. The summed E-state index contributed by atoms with van der Waals surface area (Å²) < 4.78 is 5.77. The van der Waals surface area contributed by atoms with Crippen LogP contribution in [0.15, 0.2) is 66.7 Å². The fourth-order valence-corrected chi connectivity index (χ4v) is 4.18. The third kappa shape index (κ3) is 5.82. The quantitative estimate of drug-likeness (QED) is 0.395. The van der Waals surface area contributed by atoms with E-state index >= 15 is 0 Å². The van der Waals surface area contributed by atoms with E-state index in [1.807, 2.05) is 30.3 Å².